The Morgan fingerprint density at radius 1 is 1.37 bits per heavy atom. The van der Waals surface area contributed by atoms with Crippen molar-refractivity contribution in [2.45, 2.75) is 0 Å². The van der Waals surface area contributed by atoms with Crippen LogP contribution < -0.4 is 10.1 Å². The molecule has 3 rings (SSSR count). The number of hydrogen-bond donors (Lipinski definition) is 1. The van der Waals surface area contributed by atoms with Crippen molar-refractivity contribution >= 4 is 17.6 Å². The van der Waals surface area contributed by atoms with Gasteiger partial charge in [0.05, 0.1) is 32.0 Å². The highest BCUT2D eigenvalue weighted by molar-refractivity contribution is 6.30. The molecule has 0 saturated carbocycles. The maximum Gasteiger partial charge on any atom is 0.343 e. The summed E-state index contributed by atoms with van der Waals surface area (Å²) in [5.74, 6) is -0.263. The smallest absolute Gasteiger partial charge is 0.343 e. The van der Waals surface area contributed by atoms with Crippen LogP contribution in [0.15, 0.2) is 42.6 Å². The second-order valence-corrected chi connectivity index (χ2v) is 6.13. The maximum atomic E-state index is 12.2. The van der Waals surface area contributed by atoms with Gasteiger partial charge >= 0.3 is 5.97 Å². The lowest BCUT2D eigenvalue weighted by Gasteiger charge is -2.15. The number of nitrogens with zero attached hydrogens (tertiary/aromatic N) is 1. The molecule has 0 radical (unpaired) electrons. The summed E-state index contributed by atoms with van der Waals surface area (Å²) >= 11 is 5.33. The van der Waals surface area contributed by atoms with E-state index in [0.717, 1.165) is 13.1 Å². The lowest BCUT2D eigenvalue weighted by atomic mass is 10.2. The molecule has 1 aromatic heterocycles. The van der Waals surface area contributed by atoms with Crippen molar-refractivity contribution in [3.05, 3.63) is 59.0 Å². The van der Waals surface area contributed by atoms with E-state index in [0.29, 0.717) is 31.3 Å². The molecule has 27 heavy (non-hydrogen) atoms. The van der Waals surface area contributed by atoms with E-state index in [4.69, 9.17) is 25.8 Å². The molecule has 2 aromatic rings. The molecule has 1 unspecified atom stereocenters. The van der Waals surface area contributed by atoms with Gasteiger partial charge in [0.1, 0.15) is 11.4 Å². The Kier molecular flexibility index (Phi) is 8.97. The van der Waals surface area contributed by atoms with Gasteiger partial charge in [-0.25, -0.2) is 14.2 Å². The van der Waals surface area contributed by atoms with Crippen molar-refractivity contribution in [1.29, 1.82) is 0 Å². The van der Waals surface area contributed by atoms with Crippen molar-refractivity contribution in [2.24, 2.45) is 5.92 Å². The molecule has 0 aliphatic carbocycles. The van der Waals surface area contributed by atoms with Crippen LogP contribution in [0.25, 0.3) is 0 Å². The lowest BCUT2D eigenvalue weighted by Crippen LogP contribution is -2.27. The molecule has 2 heterocycles. The quantitative estimate of drug-likeness (QED) is 0.801. The van der Waals surface area contributed by atoms with Gasteiger partial charge in [0.25, 0.3) is 0 Å². The number of halogens is 2. The van der Waals surface area contributed by atoms with Crippen LogP contribution in [0.2, 0.25) is 5.02 Å². The van der Waals surface area contributed by atoms with E-state index >= 15 is 0 Å². The molecule has 6 nitrogen and oxygen atoms in total. The van der Waals surface area contributed by atoms with Gasteiger partial charge < -0.3 is 19.5 Å². The molecule has 0 bridgehead atoms. The first-order valence-electron chi connectivity index (χ1n) is 8.46. The normalized spacial score (nSPS) is 16.5. The van der Waals surface area contributed by atoms with Crippen molar-refractivity contribution in [3.63, 3.8) is 0 Å². The van der Waals surface area contributed by atoms with Crippen LogP contribution in [0, 0.1) is 11.7 Å². The molecule has 1 fully saturated rings. The fourth-order valence-electron chi connectivity index (χ4n) is 2.27. The maximum absolute atomic E-state index is 12.2. The monoisotopic (exact) mass is 396 g/mol. The predicted molar refractivity (Wildman–Crippen MR) is 99.7 cm³/mol. The minimum atomic E-state index is -0.446. The minimum Gasteiger partial charge on any atom is -0.477 e. The Morgan fingerprint density at radius 2 is 2.19 bits per heavy atom. The Morgan fingerprint density at radius 3 is 2.89 bits per heavy atom. The van der Waals surface area contributed by atoms with E-state index < -0.39 is 5.97 Å². The summed E-state index contributed by atoms with van der Waals surface area (Å²) in [6.45, 7) is 3.50. The zero-order chi connectivity index (χ0) is 19.5. The third-order valence-corrected chi connectivity index (χ3v) is 3.97. The molecule has 0 spiro atoms. The average Bonchev–Trinajstić information content (AvgIpc) is 2.98. The fraction of sp³-hybridized carbons (Fsp3) is 0.368. The average molecular weight is 397 g/mol. The molecule has 146 valence electrons. The summed E-state index contributed by atoms with van der Waals surface area (Å²) in [6.07, 6.45) is 1.59. The van der Waals surface area contributed by atoms with Crippen molar-refractivity contribution < 1.29 is 23.4 Å². The van der Waals surface area contributed by atoms with Crippen LogP contribution in [-0.4, -0.2) is 51.0 Å². The van der Waals surface area contributed by atoms with E-state index in [-0.39, 0.29) is 16.8 Å². The van der Waals surface area contributed by atoms with Crippen LogP contribution in [0.3, 0.4) is 0 Å². The first-order chi connectivity index (χ1) is 13.1. The molecule has 8 heteroatoms. The van der Waals surface area contributed by atoms with E-state index in [2.05, 4.69) is 10.3 Å². The minimum absolute atomic E-state index is 0.174. The van der Waals surface area contributed by atoms with Crippen LogP contribution in [0.1, 0.15) is 10.4 Å². The fourth-order valence-corrected chi connectivity index (χ4v) is 2.41. The number of rotatable bonds is 4. The van der Waals surface area contributed by atoms with Gasteiger partial charge in [-0.15, -0.1) is 0 Å². The van der Waals surface area contributed by atoms with Crippen LogP contribution in [-0.2, 0) is 9.47 Å². The summed E-state index contributed by atoms with van der Waals surface area (Å²) < 4.78 is 27.9. The summed E-state index contributed by atoms with van der Waals surface area (Å²) in [4.78, 5) is 15.6. The number of carbonyl (C=O) groups is 1. The van der Waals surface area contributed by atoms with Crippen LogP contribution >= 0.6 is 11.6 Å². The van der Waals surface area contributed by atoms with Gasteiger partial charge in [0.2, 0.25) is 5.88 Å². The van der Waals surface area contributed by atoms with E-state index in [1.165, 1.54) is 19.2 Å². The summed E-state index contributed by atoms with van der Waals surface area (Å²) in [5.41, 5.74) is 0.340. The number of aromatic nitrogens is 1. The van der Waals surface area contributed by atoms with Crippen molar-refractivity contribution in [2.75, 3.05) is 40.0 Å². The molecule has 1 saturated heterocycles. The van der Waals surface area contributed by atoms with Crippen LogP contribution in [0.5, 0.6) is 5.88 Å². The Hall–Kier alpha value is -2.22. The summed E-state index contributed by atoms with van der Waals surface area (Å²) in [5, 5.41) is 3.44. The molecule has 0 amide bonds. The SMILES string of the molecule is COC(=O)c1cccnc1OCC1CNCCOC1.Fc1ccccc1Cl. The Labute approximate surface area is 162 Å². The number of ether oxygens (including phenoxy) is 3. The number of pyridine rings is 1. The van der Waals surface area contributed by atoms with Gasteiger partial charge in [-0.1, -0.05) is 23.7 Å². The second-order valence-electron chi connectivity index (χ2n) is 5.72. The van der Waals surface area contributed by atoms with E-state index in [9.17, 15) is 9.18 Å². The highest BCUT2D eigenvalue weighted by Gasteiger charge is 2.17. The number of carbonyl (C=O) groups excluding carboxylic acids is 1. The molecule has 1 aliphatic heterocycles. The van der Waals surface area contributed by atoms with Crippen molar-refractivity contribution in [3.8, 4) is 5.88 Å². The van der Waals surface area contributed by atoms with E-state index in [1.54, 1.807) is 30.5 Å². The molecular formula is C19H22ClFN2O4. The Balaban J connectivity index is 0.000000273. The van der Waals surface area contributed by atoms with Gasteiger partial charge in [-0.05, 0) is 24.3 Å². The highest BCUT2D eigenvalue weighted by Crippen LogP contribution is 2.16. The lowest BCUT2D eigenvalue weighted by molar-refractivity contribution is 0.0591. The number of benzene rings is 1. The number of methoxy groups -OCH3 is 1. The molecule has 1 N–H and O–H groups in total. The first-order valence-corrected chi connectivity index (χ1v) is 8.84. The Bertz CT molecular complexity index is 703. The van der Waals surface area contributed by atoms with Crippen LogP contribution in [0.4, 0.5) is 4.39 Å². The molecule has 1 atom stereocenters. The second kappa shape index (κ2) is 11.5. The predicted octanol–water partition coefficient (Wildman–Crippen LogP) is 2.96. The molecular weight excluding hydrogens is 375 g/mol. The molecule has 1 aliphatic rings. The standard InChI is InChI=1S/C13H18N2O4.C6H4ClF/c1-17-13(16)11-3-2-4-15-12(11)19-9-10-7-14-5-6-18-8-10;7-5-3-1-2-4-6(5)8/h2-4,10,14H,5-9H2,1H3;1-4H. The third kappa shape index (κ3) is 7.13. The largest absolute Gasteiger partial charge is 0.477 e. The molecule has 1 aromatic carbocycles. The van der Waals surface area contributed by atoms with Gasteiger partial charge in [-0.3, -0.25) is 0 Å². The van der Waals surface area contributed by atoms with Gasteiger partial charge in [0.15, 0.2) is 0 Å². The summed E-state index contributed by atoms with van der Waals surface area (Å²) in [7, 11) is 1.34. The van der Waals surface area contributed by atoms with Crippen molar-refractivity contribution in [1.82, 2.24) is 10.3 Å². The topological polar surface area (TPSA) is 69.7 Å². The zero-order valence-electron chi connectivity index (χ0n) is 15.0. The first kappa shape index (κ1) is 21.1. The summed E-state index contributed by atoms with van der Waals surface area (Å²) in [6, 6.07) is 9.43. The van der Waals surface area contributed by atoms with Gasteiger partial charge in [0, 0.05) is 25.2 Å². The highest BCUT2D eigenvalue weighted by atomic mass is 35.5. The number of esters is 1. The number of nitrogens with one attached hydrogen (secondary N) is 1. The van der Waals surface area contributed by atoms with E-state index in [1.807, 2.05) is 0 Å². The number of hydrogen-bond acceptors (Lipinski definition) is 6. The third-order valence-electron chi connectivity index (χ3n) is 3.67. The van der Waals surface area contributed by atoms with Gasteiger partial charge in [-0.2, -0.15) is 0 Å². The zero-order valence-corrected chi connectivity index (χ0v) is 15.7.